The summed E-state index contributed by atoms with van der Waals surface area (Å²) in [6.07, 6.45) is 2.66. The Bertz CT molecular complexity index is 667. The first-order chi connectivity index (χ1) is 11.2. The van der Waals surface area contributed by atoms with Crippen LogP contribution in [0.4, 0.5) is 4.39 Å². The molecule has 2 aromatic rings. The summed E-state index contributed by atoms with van der Waals surface area (Å²) in [4.78, 5) is 8.37. The average Bonchev–Trinajstić information content (AvgIpc) is 2.56. The van der Waals surface area contributed by atoms with Crippen LogP contribution < -0.4 is 15.4 Å². The molecule has 0 aliphatic heterocycles. The van der Waals surface area contributed by atoms with Crippen LogP contribution >= 0.6 is 24.0 Å². The zero-order valence-electron chi connectivity index (χ0n) is 13.8. The van der Waals surface area contributed by atoms with Crippen LogP contribution in [-0.2, 0) is 6.54 Å². The fourth-order valence-corrected chi connectivity index (χ4v) is 1.94. The van der Waals surface area contributed by atoms with Crippen molar-refractivity contribution in [3.63, 3.8) is 0 Å². The van der Waals surface area contributed by atoms with E-state index in [9.17, 15) is 4.39 Å². The average molecular weight is 444 g/mol. The molecule has 130 valence electrons. The van der Waals surface area contributed by atoms with Gasteiger partial charge in [0.05, 0.1) is 0 Å². The molecular weight excluding hydrogens is 422 g/mol. The Morgan fingerprint density at radius 3 is 2.79 bits per heavy atom. The Morgan fingerprint density at radius 2 is 2.08 bits per heavy atom. The van der Waals surface area contributed by atoms with Crippen LogP contribution in [0.25, 0.3) is 0 Å². The summed E-state index contributed by atoms with van der Waals surface area (Å²) in [5.74, 6) is 1.23. The van der Waals surface area contributed by atoms with Crippen molar-refractivity contribution in [1.29, 1.82) is 0 Å². The molecular formula is C17H22FIN4O. The van der Waals surface area contributed by atoms with Crippen LogP contribution in [-0.4, -0.2) is 24.5 Å². The van der Waals surface area contributed by atoms with Crippen LogP contribution in [0.5, 0.6) is 11.6 Å². The van der Waals surface area contributed by atoms with Gasteiger partial charge in [0.25, 0.3) is 0 Å². The standard InChI is InChI=1S/C17H21FN4O.HI/c1-3-9-21-17(19-2)22-12-13-6-5-10-20-16(13)23-15-8-4-7-14(18)11-15;/h4-8,10-11H,3,9,12H2,1-2H3,(H2,19,21,22);1H. The SMILES string of the molecule is CCCNC(=NC)NCc1cccnc1Oc1cccc(F)c1.I. The summed E-state index contributed by atoms with van der Waals surface area (Å²) < 4.78 is 18.9. The van der Waals surface area contributed by atoms with E-state index < -0.39 is 0 Å². The van der Waals surface area contributed by atoms with E-state index in [1.807, 2.05) is 12.1 Å². The van der Waals surface area contributed by atoms with Gasteiger partial charge in [0.1, 0.15) is 11.6 Å². The van der Waals surface area contributed by atoms with Crippen molar-refractivity contribution in [2.24, 2.45) is 4.99 Å². The van der Waals surface area contributed by atoms with Crippen LogP contribution in [0.3, 0.4) is 0 Å². The van der Waals surface area contributed by atoms with Gasteiger partial charge in [-0.15, -0.1) is 24.0 Å². The number of aliphatic imine (C=N–C) groups is 1. The van der Waals surface area contributed by atoms with Crippen molar-refractivity contribution in [3.8, 4) is 11.6 Å². The number of pyridine rings is 1. The number of nitrogens with one attached hydrogen (secondary N) is 2. The lowest BCUT2D eigenvalue weighted by Gasteiger charge is -2.13. The first-order valence-electron chi connectivity index (χ1n) is 7.54. The van der Waals surface area contributed by atoms with Crippen molar-refractivity contribution in [1.82, 2.24) is 15.6 Å². The predicted molar refractivity (Wildman–Crippen MR) is 105 cm³/mol. The quantitative estimate of drug-likeness (QED) is 0.405. The predicted octanol–water partition coefficient (Wildman–Crippen LogP) is 3.71. The zero-order chi connectivity index (χ0) is 16.5. The van der Waals surface area contributed by atoms with Gasteiger partial charge >= 0.3 is 0 Å². The van der Waals surface area contributed by atoms with E-state index in [1.165, 1.54) is 12.1 Å². The molecule has 0 aliphatic carbocycles. The highest BCUT2D eigenvalue weighted by molar-refractivity contribution is 14.0. The Kier molecular flexibility index (Phi) is 9.06. The van der Waals surface area contributed by atoms with E-state index in [-0.39, 0.29) is 29.8 Å². The maximum Gasteiger partial charge on any atom is 0.224 e. The van der Waals surface area contributed by atoms with Gasteiger partial charge in [-0.2, -0.15) is 0 Å². The van der Waals surface area contributed by atoms with Crippen LogP contribution in [0, 0.1) is 5.82 Å². The molecule has 0 fully saturated rings. The Morgan fingerprint density at radius 1 is 1.25 bits per heavy atom. The molecule has 2 N–H and O–H groups in total. The minimum Gasteiger partial charge on any atom is -0.439 e. The molecule has 0 radical (unpaired) electrons. The van der Waals surface area contributed by atoms with Crippen molar-refractivity contribution >= 4 is 29.9 Å². The fraction of sp³-hybridized carbons (Fsp3) is 0.294. The molecule has 0 saturated carbocycles. The second kappa shape index (κ2) is 10.8. The molecule has 0 spiro atoms. The van der Waals surface area contributed by atoms with Crippen LogP contribution in [0.15, 0.2) is 47.6 Å². The number of halogens is 2. The van der Waals surface area contributed by atoms with Crippen LogP contribution in [0.2, 0.25) is 0 Å². The molecule has 0 bridgehead atoms. The highest BCUT2D eigenvalue weighted by Crippen LogP contribution is 2.23. The van der Waals surface area contributed by atoms with E-state index in [0.29, 0.717) is 24.1 Å². The molecule has 7 heteroatoms. The molecule has 0 atom stereocenters. The molecule has 0 unspecified atom stereocenters. The van der Waals surface area contributed by atoms with Gasteiger partial charge in [-0.05, 0) is 24.6 Å². The monoisotopic (exact) mass is 444 g/mol. The van der Waals surface area contributed by atoms with Gasteiger partial charge in [-0.1, -0.05) is 19.1 Å². The number of hydrogen-bond donors (Lipinski definition) is 2. The third-order valence-corrected chi connectivity index (χ3v) is 3.07. The zero-order valence-corrected chi connectivity index (χ0v) is 16.1. The molecule has 1 heterocycles. The second-order valence-corrected chi connectivity index (χ2v) is 4.88. The van der Waals surface area contributed by atoms with Crippen molar-refractivity contribution < 1.29 is 9.13 Å². The summed E-state index contributed by atoms with van der Waals surface area (Å²) >= 11 is 0. The number of benzene rings is 1. The molecule has 1 aromatic carbocycles. The van der Waals surface area contributed by atoms with Gasteiger partial charge in [0.15, 0.2) is 5.96 Å². The van der Waals surface area contributed by atoms with E-state index in [4.69, 9.17) is 4.74 Å². The Labute approximate surface area is 158 Å². The van der Waals surface area contributed by atoms with Gasteiger partial charge in [0, 0.05) is 38.0 Å². The highest BCUT2D eigenvalue weighted by atomic mass is 127. The van der Waals surface area contributed by atoms with Gasteiger partial charge in [-0.25, -0.2) is 9.37 Å². The summed E-state index contributed by atoms with van der Waals surface area (Å²) in [5.41, 5.74) is 0.858. The lowest BCUT2D eigenvalue weighted by Crippen LogP contribution is -2.37. The van der Waals surface area contributed by atoms with E-state index in [1.54, 1.807) is 25.4 Å². The normalized spacial score (nSPS) is 10.7. The fourth-order valence-electron chi connectivity index (χ4n) is 1.94. The minimum atomic E-state index is -0.345. The minimum absolute atomic E-state index is 0. The molecule has 24 heavy (non-hydrogen) atoms. The van der Waals surface area contributed by atoms with Gasteiger partial charge in [0.2, 0.25) is 5.88 Å². The van der Waals surface area contributed by atoms with Gasteiger partial charge in [-0.3, -0.25) is 4.99 Å². The first-order valence-corrected chi connectivity index (χ1v) is 7.54. The molecule has 0 saturated heterocycles. The molecule has 5 nitrogen and oxygen atoms in total. The molecule has 1 aromatic heterocycles. The number of ether oxygens (including phenoxy) is 1. The summed E-state index contributed by atoms with van der Waals surface area (Å²) in [5, 5.41) is 6.40. The van der Waals surface area contributed by atoms with Crippen LogP contribution in [0.1, 0.15) is 18.9 Å². The smallest absolute Gasteiger partial charge is 0.224 e. The lowest BCUT2D eigenvalue weighted by molar-refractivity contribution is 0.450. The van der Waals surface area contributed by atoms with Crippen molar-refractivity contribution in [2.45, 2.75) is 19.9 Å². The summed E-state index contributed by atoms with van der Waals surface area (Å²) in [7, 11) is 1.72. The van der Waals surface area contributed by atoms with Gasteiger partial charge < -0.3 is 15.4 Å². The topological polar surface area (TPSA) is 58.5 Å². The van der Waals surface area contributed by atoms with Crippen molar-refractivity contribution in [3.05, 3.63) is 54.0 Å². The number of hydrogen-bond acceptors (Lipinski definition) is 3. The van der Waals surface area contributed by atoms with E-state index in [2.05, 4.69) is 27.5 Å². The third kappa shape index (κ3) is 6.31. The summed E-state index contributed by atoms with van der Waals surface area (Å²) in [6.45, 7) is 3.44. The second-order valence-electron chi connectivity index (χ2n) is 4.88. The Balaban J connectivity index is 0.00000288. The maximum atomic E-state index is 13.3. The summed E-state index contributed by atoms with van der Waals surface area (Å²) in [6, 6.07) is 9.73. The number of guanidine groups is 1. The van der Waals surface area contributed by atoms with E-state index in [0.717, 1.165) is 18.5 Å². The highest BCUT2D eigenvalue weighted by Gasteiger charge is 2.07. The lowest BCUT2D eigenvalue weighted by atomic mass is 10.2. The number of aromatic nitrogens is 1. The number of nitrogens with zero attached hydrogens (tertiary/aromatic N) is 2. The third-order valence-electron chi connectivity index (χ3n) is 3.07. The largest absolute Gasteiger partial charge is 0.439 e. The van der Waals surface area contributed by atoms with E-state index >= 15 is 0 Å². The number of rotatable bonds is 6. The maximum absolute atomic E-state index is 13.3. The first kappa shape index (κ1) is 20.1. The van der Waals surface area contributed by atoms with Crippen molar-refractivity contribution in [2.75, 3.05) is 13.6 Å². The molecule has 0 aliphatic rings. The molecule has 2 rings (SSSR count). The molecule has 0 amide bonds. The Hall–Kier alpha value is -1.90.